The molecule has 0 aliphatic heterocycles. The Bertz CT molecular complexity index is 1890. The van der Waals surface area contributed by atoms with E-state index >= 15 is 0 Å². The number of aryl methyl sites for hydroxylation is 1. The highest BCUT2D eigenvalue weighted by molar-refractivity contribution is 5.88. The van der Waals surface area contributed by atoms with Gasteiger partial charge in [-0.05, 0) is 42.3 Å². The molecular formula is C27H20FN7O3. The van der Waals surface area contributed by atoms with Gasteiger partial charge in [0.2, 0.25) is 0 Å². The van der Waals surface area contributed by atoms with Crippen molar-refractivity contribution >= 4 is 33.5 Å². The lowest BCUT2D eigenvalue weighted by Crippen LogP contribution is -2.35. The zero-order valence-electron chi connectivity index (χ0n) is 20.1. The van der Waals surface area contributed by atoms with Crippen molar-refractivity contribution in [1.82, 2.24) is 29.5 Å². The number of nitrogens with zero attached hydrogens (tertiary/aromatic N) is 6. The summed E-state index contributed by atoms with van der Waals surface area (Å²) < 4.78 is 21.7. The van der Waals surface area contributed by atoms with Crippen molar-refractivity contribution in [3.8, 4) is 16.9 Å². The minimum absolute atomic E-state index is 0.0234. The smallest absolute Gasteiger partial charge is 0.299 e. The van der Waals surface area contributed by atoms with Crippen molar-refractivity contribution < 1.29 is 13.9 Å². The summed E-state index contributed by atoms with van der Waals surface area (Å²) in [5.41, 5.74) is 5.66. The highest BCUT2D eigenvalue weighted by Gasteiger charge is 2.19. The lowest BCUT2D eigenvalue weighted by molar-refractivity contribution is -0.119. The van der Waals surface area contributed by atoms with Crippen LogP contribution < -0.4 is 15.7 Å². The zero-order valence-corrected chi connectivity index (χ0v) is 20.1. The summed E-state index contributed by atoms with van der Waals surface area (Å²) in [6, 6.07) is 16.8. The third-order valence-electron chi connectivity index (χ3n) is 6.12. The molecule has 4 heterocycles. The van der Waals surface area contributed by atoms with Gasteiger partial charge in [-0.1, -0.05) is 37.3 Å². The van der Waals surface area contributed by atoms with Crippen LogP contribution in [0.4, 0.5) is 4.39 Å². The molecular weight excluding hydrogens is 489 g/mol. The van der Waals surface area contributed by atoms with Crippen LogP contribution >= 0.6 is 0 Å². The van der Waals surface area contributed by atoms with E-state index in [9.17, 15) is 14.0 Å². The Morgan fingerprint density at radius 1 is 1.03 bits per heavy atom. The number of nitrogens with one attached hydrogen (secondary N) is 1. The second kappa shape index (κ2) is 9.36. The lowest BCUT2D eigenvalue weighted by atomic mass is 10.0. The van der Waals surface area contributed by atoms with Crippen LogP contribution in [0.25, 0.3) is 38.7 Å². The molecule has 6 rings (SSSR count). The molecule has 188 valence electrons. The number of hydrogen-bond donors (Lipinski definition) is 1. The molecule has 0 saturated carbocycles. The molecule has 0 saturated heterocycles. The number of para-hydroxylation sites is 1. The third kappa shape index (κ3) is 3.99. The summed E-state index contributed by atoms with van der Waals surface area (Å²) in [4.78, 5) is 30.0. The van der Waals surface area contributed by atoms with Gasteiger partial charge < -0.3 is 4.74 Å². The number of benzene rings is 2. The van der Waals surface area contributed by atoms with Gasteiger partial charge >= 0.3 is 0 Å². The quantitative estimate of drug-likeness (QED) is 0.365. The fourth-order valence-corrected chi connectivity index (χ4v) is 4.34. The van der Waals surface area contributed by atoms with E-state index in [0.717, 1.165) is 26.9 Å². The Kier molecular flexibility index (Phi) is 5.72. The summed E-state index contributed by atoms with van der Waals surface area (Å²) >= 11 is 0. The van der Waals surface area contributed by atoms with E-state index in [1.807, 2.05) is 31.2 Å². The fourth-order valence-electron chi connectivity index (χ4n) is 4.34. The maximum Gasteiger partial charge on any atom is 0.299 e. The van der Waals surface area contributed by atoms with Gasteiger partial charge in [-0.25, -0.2) is 13.6 Å². The highest BCUT2D eigenvalue weighted by atomic mass is 19.1. The SMILES string of the molecule is CCc1nn2c(nnc3c(=O)n(NC(=O)COc4cccc5cccnc45)ccc32)c1-c1ccc(F)cc1. The lowest BCUT2D eigenvalue weighted by Gasteiger charge is -2.11. The van der Waals surface area contributed by atoms with Crippen LogP contribution in [0.5, 0.6) is 5.75 Å². The molecule has 0 unspecified atom stereocenters. The molecule has 4 aromatic heterocycles. The maximum absolute atomic E-state index is 13.5. The van der Waals surface area contributed by atoms with Gasteiger partial charge in [0.25, 0.3) is 11.5 Å². The Morgan fingerprint density at radius 3 is 2.66 bits per heavy atom. The molecule has 6 aromatic rings. The first kappa shape index (κ1) is 23.2. The first-order valence-corrected chi connectivity index (χ1v) is 11.9. The fraction of sp³-hybridized carbons (Fsp3) is 0.111. The molecule has 0 aliphatic rings. The van der Waals surface area contributed by atoms with Crippen molar-refractivity contribution in [2.24, 2.45) is 0 Å². The minimum atomic E-state index is -0.575. The Hall–Kier alpha value is -5.19. The number of carbonyl (C=O) groups excluding carboxylic acids is 1. The van der Waals surface area contributed by atoms with E-state index in [0.29, 0.717) is 28.9 Å². The Labute approximate surface area is 214 Å². The van der Waals surface area contributed by atoms with Crippen molar-refractivity contribution in [3.63, 3.8) is 0 Å². The molecule has 1 N–H and O–H groups in total. The Morgan fingerprint density at radius 2 is 1.84 bits per heavy atom. The summed E-state index contributed by atoms with van der Waals surface area (Å²) in [5.74, 6) is -0.430. The number of carbonyl (C=O) groups is 1. The molecule has 11 heteroatoms. The molecule has 2 aromatic carbocycles. The molecule has 0 radical (unpaired) electrons. The summed E-state index contributed by atoms with van der Waals surface area (Å²) in [6.45, 7) is 1.62. The molecule has 0 spiro atoms. The number of halogens is 1. The van der Waals surface area contributed by atoms with Gasteiger partial charge in [0.1, 0.15) is 22.6 Å². The number of amides is 1. The van der Waals surface area contributed by atoms with Gasteiger partial charge in [0, 0.05) is 17.8 Å². The number of pyridine rings is 2. The van der Waals surface area contributed by atoms with Gasteiger partial charge in [0.05, 0.1) is 11.3 Å². The average Bonchev–Trinajstić information content (AvgIpc) is 3.33. The molecule has 0 bridgehead atoms. The largest absolute Gasteiger partial charge is 0.481 e. The van der Waals surface area contributed by atoms with E-state index in [2.05, 4.69) is 25.7 Å². The van der Waals surface area contributed by atoms with E-state index in [-0.39, 0.29) is 17.9 Å². The molecule has 1 amide bonds. The summed E-state index contributed by atoms with van der Waals surface area (Å²) in [6.07, 6.45) is 3.67. The topological polar surface area (TPSA) is 116 Å². The predicted octanol–water partition coefficient (Wildman–Crippen LogP) is 3.51. The van der Waals surface area contributed by atoms with Crippen LogP contribution in [0.3, 0.4) is 0 Å². The number of fused-ring (bicyclic) bond motifs is 4. The second-order valence-corrected chi connectivity index (χ2v) is 8.50. The highest BCUT2D eigenvalue weighted by Crippen LogP contribution is 2.29. The van der Waals surface area contributed by atoms with Crippen molar-refractivity contribution in [1.29, 1.82) is 0 Å². The Balaban J connectivity index is 1.30. The zero-order chi connectivity index (χ0) is 26.2. The molecule has 38 heavy (non-hydrogen) atoms. The molecule has 0 aliphatic carbocycles. The average molecular weight is 510 g/mol. The van der Waals surface area contributed by atoms with Crippen LogP contribution in [0.2, 0.25) is 0 Å². The molecule has 0 atom stereocenters. The van der Waals surface area contributed by atoms with E-state index in [1.54, 1.807) is 35.0 Å². The van der Waals surface area contributed by atoms with Crippen LogP contribution in [0.15, 0.2) is 77.9 Å². The van der Waals surface area contributed by atoms with Gasteiger partial charge in [-0.2, -0.15) is 5.10 Å². The summed E-state index contributed by atoms with van der Waals surface area (Å²) in [5, 5.41) is 13.9. The van der Waals surface area contributed by atoms with Gasteiger partial charge in [-0.15, -0.1) is 10.2 Å². The maximum atomic E-state index is 13.5. The van der Waals surface area contributed by atoms with Crippen LogP contribution in [-0.2, 0) is 11.2 Å². The van der Waals surface area contributed by atoms with E-state index in [4.69, 9.17) is 4.74 Å². The number of rotatable bonds is 6. The first-order valence-electron chi connectivity index (χ1n) is 11.9. The van der Waals surface area contributed by atoms with Crippen molar-refractivity contribution in [2.45, 2.75) is 13.3 Å². The number of hydrogen-bond acceptors (Lipinski definition) is 7. The summed E-state index contributed by atoms with van der Waals surface area (Å²) in [7, 11) is 0. The normalized spacial score (nSPS) is 11.3. The van der Waals surface area contributed by atoms with E-state index in [1.165, 1.54) is 18.3 Å². The minimum Gasteiger partial charge on any atom is -0.481 e. The van der Waals surface area contributed by atoms with Crippen molar-refractivity contribution in [3.05, 3.63) is 94.9 Å². The monoisotopic (exact) mass is 509 g/mol. The molecule has 0 fully saturated rings. The number of ether oxygens (including phenoxy) is 1. The third-order valence-corrected chi connectivity index (χ3v) is 6.12. The van der Waals surface area contributed by atoms with Crippen LogP contribution in [-0.4, -0.2) is 42.0 Å². The first-order chi connectivity index (χ1) is 18.5. The van der Waals surface area contributed by atoms with Gasteiger partial charge in [-0.3, -0.25) is 20.0 Å². The predicted molar refractivity (Wildman–Crippen MR) is 139 cm³/mol. The van der Waals surface area contributed by atoms with Gasteiger partial charge in [0.15, 0.2) is 17.8 Å². The van der Waals surface area contributed by atoms with E-state index < -0.39 is 11.5 Å². The standard InChI is InChI=1S/C27H20FN7O3/c1-2-19-23(16-8-10-18(28)11-9-16)26-31-30-25-20(35(26)32-19)12-14-34(27(25)37)33-22(36)15-38-21-7-3-5-17-6-4-13-29-24(17)21/h3-14H,2,15H2,1H3,(H,33,36). The van der Waals surface area contributed by atoms with Crippen molar-refractivity contribution in [2.75, 3.05) is 12.0 Å². The number of aromatic nitrogens is 6. The second-order valence-electron chi connectivity index (χ2n) is 8.50. The van der Waals surface area contributed by atoms with Crippen LogP contribution in [0.1, 0.15) is 12.6 Å². The van der Waals surface area contributed by atoms with Crippen LogP contribution in [0, 0.1) is 5.82 Å². The molecule has 10 nitrogen and oxygen atoms in total.